The Kier molecular flexibility index (Phi) is 7.79. The van der Waals surface area contributed by atoms with Crippen LogP contribution < -0.4 is 0 Å². The lowest BCUT2D eigenvalue weighted by Gasteiger charge is -2.59. The van der Waals surface area contributed by atoms with E-state index in [2.05, 4.69) is 153 Å². The van der Waals surface area contributed by atoms with Crippen LogP contribution in [-0.4, -0.2) is 8.42 Å². The normalized spacial score (nSPS) is 24.2. The standard InChI is InChI=1S/C52H44O2S2/c1-32-25-40-27-33(2)28-41(26-32)52(40)45-18-6-8-20-48(45)56(53,54)49-31-39(23-24-46(49)52)50(38-22-21-34-11-3-4-12-35(34)29-38)37-14-9-13-36(30-37)42-16-10-17-44-43-15-5-7-19-47(43)55-51(42)44/h3-24,29-33,40-41,50H,25-28H2,1-2H3. The molecule has 4 heteroatoms. The van der Waals surface area contributed by atoms with Gasteiger partial charge in [-0.25, -0.2) is 8.42 Å². The minimum atomic E-state index is -3.78. The molecule has 276 valence electrons. The van der Waals surface area contributed by atoms with Crippen molar-refractivity contribution in [3.63, 3.8) is 0 Å². The topological polar surface area (TPSA) is 34.1 Å². The second-order valence-corrected chi connectivity index (χ2v) is 20.1. The van der Waals surface area contributed by atoms with Gasteiger partial charge in [-0.15, -0.1) is 11.3 Å². The van der Waals surface area contributed by atoms with E-state index in [-0.39, 0.29) is 11.3 Å². The van der Waals surface area contributed by atoms with Gasteiger partial charge >= 0.3 is 0 Å². The minimum Gasteiger partial charge on any atom is -0.218 e. The lowest BCUT2D eigenvalue weighted by Crippen LogP contribution is -2.54. The summed E-state index contributed by atoms with van der Waals surface area (Å²) in [5.41, 5.74) is 7.49. The first-order valence-electron chi connectivity index (χ1n) is 20.3. The molecule has 1 aromatic heterocycles. The van der Waals surface area contributed by atoms with Crippen molar-refractivity contribution in [2.24, 2.45) is 23.7 Å². The van der Waals surface area contributed by atoms with Crippen molar-refractivity contribution in [3.8, 4) is 11.1 Å². The fourth-order valence-corrected chi connectivity index (χ4v) is 14.8. The summed E-state index contributed by atoms with van der Waals surface area (Å²) in [6.45, 7) is 4.81. The molecule has 2 bridgehead atoms. The van der Waals surface area contributed by atoms with E-state index in [1.165, 1.54) is 42.1 Å². The van der Waals surface area contributed by atoms with Gasteiger partial charge < -0.3 is 0 Å². The van der Waals surface area contributed by atoms with Gasteiger partial charge in [0, 0.05) is 31.5 Å². The van der Waals surface area contributed by atoms with Gasteiger partial charge in [0.1, 0.15) is 0 Å². The molecule has 7 aromatic carbocycles. The molecular weight excluding hydrogens is 721 g/mol. The summed E-state index contributed by atoms with van der Waals surface area (Å²) >= 11 is 1.85. The van der Waals surface area contributed by atoms with E-state index in [1.807, 2.05) is 23.5 Å². The number of rotatable bonds is 4. The van der Waals surface area contributed by atoms with Crippen LogP contribution in [0.15, 0.2) is 161 Å². The molecule has 0 amide bonds. The first-order valence-corrected chi connectivity index (χ1v) is 22.6. The molecule has 0 N–H and O–H groups in total. The molecule has 2 nitrogen and oxygen atoms in total. The summed E-state index contributed by atoms with van der Waals surface area (Å²) in [7, 11) is -3.78. The highest BCUT2D eigenvalue weighted by atomic mass is 32.2. The Labute approximate surface area is 333 Å². The van der Waals surface area contributed by atoms with Crippen LogP contribution in [0.3, 0.4) is 0 Å². The SMILES string of the molecule is CC1CC2CC(C)CC(C1)C21c2ccccc2S(=O)(=O)c2cc(C(c3cccc(-c4cccc5c4sc4ccccc45)c3)c3ccc4ccccc4c3)ccc21. The van der Waals surface area contributed by atoms with Gasteiger partial charge in [-0.1, -0.05) is 147 Å². The zero-order valence-corrected chi connectivity index (χ0v) is 33.4. The fourth-order valence-electron chi connectivity index (χ4n) is 11.7. The summed E-state index contributed by atoms with van der Waals surface area (Å²) < 4.78 is 32.6. The van der Waals surface area contributed by atoms with Crippen molar-refractivity contribution >= 4 is 52.1 Å². The highest BCUT2D eigenvalue weighted by molar-refractivity contribution is 7.91. The Morgan fingerprint density at radius 3 is 2.00 bits per heavy atom. The summed E-state index contributed by atoms with van der Waals surface area (Å²) in [6.07, 6.45) is 4.54. The van der Waals surface area contributed by atoms with Gasteiger partial charge in [0.25, 0.3) is 0 Å². The quantitative estimate of drug-likeness (QED) is 0.167. The van der Waals surface area contributed by atoms with Crippen LogP contribution in [0.4, 0.5) is 0 Å². The molecule has 2 fully saturated rings. The number of hydrogen-bond acceptors (Lipinski definition) is 3. The highest BCUT2D eigenvalue weighted by Crippen LogP contribution is 2.64. The van der Waals surface area contributed by atoms with Gasteiger partial charge in [0.05, 0.1) is 9.79 Å². The van der Waals surface area contributed by atoms with Crippen molar-refractivity contribution in [3.05, 3.63) is 179 Å². The molecule has 1 atom stereocenters. The molecule has 1 aliphatic heterocycles. The first kappa shape index (κ1) is 34.2. The first-order chi connectivity index (χ1) is 27.3. The van der Waals surface area contributed by atoms with E-state index < -0.39 is 9.84 Å². The van der Waals surface area contributed by atoms with E-state index in [0.717, 1.165) is 53.5 Å². The van der Waals surface area contributed by atoms with Crippen LogP contribution in [0, 0.1) is 23.7 Å². The second-order valence-electron chi connectivity index (χ2n) is 17.1. The second kappa shape index (κ2) is 12.7. The summed E-state index contributed by atoms with van der Waals surface area (Å²) in [5.74, 6) is 1.91. The van der Waals surface area contributed by atoms with Crippen LogP contribution in [0.25, 0.3) is 42.1 Å². The van der Waals surface area contributed by atoms with Gasteiger partial charge in [0.15, 0.2) is 0 Å². The molecule has 1 unspecified atom stereocenters. The molecule has 1 spiro atoms. The molecular formula is C52H44O2S2. The molecule has 56 heavy (non-hydrogen) atoms. The number of fused-ring (bicyclic) bond motifs is 6. The third-order valence-corrected chi connectivity index (χ3v) is 16.8. The molecule has 2 aliphatic carbocycles. The average molecular weight is 765 g/mol. The maximum absolute atomic E-state index is 15.0. The summed E-state index contributed by atoms with van der Waals surface area (Å²) in [5, 5.41) is 4.95. The zero-order valence-electron chi connectivity index (χ0n) is 31.8. The van der Waals surface area contributed by atoms with E-state index in [9.17, 15) is 0 Å². The maximum atomic E-state index is 15.0. The van der Waals surface area contributed by atoms with Gasteiger partial charge in [-0.3, -0.25) is 0 Å². The highest BCUT2D eigenvalue weighted by Gasteiger charge is 2.59. The van der Waals surface area contributed by atoms with E-state index in [4.69, 9.17) is 0 Å². The van der Waals surface area contributed by atoms with Gasteiger partial charge in [-0.2, -0.15) is 0 Å². The monoisotopic (exact) mass is 764 g/mol. The van der Waals surface area contributed by atoms with Crippen LogP contribution in [-0.2, 0) is 15.3 Å². The van der Waals surface area contributed by atoms with Crippen LogP contribution in [0.2, 0.25) is 0 Å². The van der Waals surface area contributed by atoms with Crippen molar-refractivity contribution in [1.29, 1.82) is 0 Å². The predicted octanol–water partition coefficient (Wildman–Crippen LogP) is 13.6. The third kappa shape index (κ3) is 5.01. The zero-order chi connectivity index (χ0) is 37.8. The average Bonchev–Trinajstić information content (AvgIpc) is 3.60. The Balaban J connectivity index is 1.13. The van der Waals surface area contributed by atoms with E-state index in [0.29, 0.717) is 33.5 Å². The number of benzene rings is 7. The minimum absolute atomic E-state index is 0.180. The van der Waals surface area contributed by atoms with Crippen molar-refractivity contribution in [1.82, 2.24) is 0 Å². The maximum Gasteiger partial charge on any atom is 0.207 e. The smallest absolute Gasteiger partial charge is 0.207 e. The predicted molar refractivity (Wildman–Crippen MR) is 233 cm³/mol. The van der Waals surface area contributed by atoms with Crippen molar-refractivity contribution in [2.45, 2.75) is 60.7 Å². The molecule has 3 aliphatic rings. The lowest BCUT2D eigenvalue weighted by atomic mass is 9.46. The summed E-state index contributed by atoms with van der Waals surface area (Å²) in [4.78, 5) is 1.04. The molecule has 2 saturated carbocycles. The lowest BCUT2D eigenvalue weighted by molar-refractivity contribution is 0.0231. The Morgan fingerprint density at radius 1 is 0.554 bits per heavy atom. The molecule has 8 aromatic rings. The third-order valence-electron chi connectivity index (χ3n) is 13.8. The molecule has 0 radical (unpaired) electrons. The Hall–Kier alpha value is -5.03. The molecule has 0 saturated heterocycles. The van der Waals surface area contributed by atoms with Gasteiger partial charge in [-0.05, 0) is 117 Å². The van der Waals surface area contributed by atoms with Crippen LogP contribution >= 0.6 is 11.3 Å². The fraction of sp³-hybridized carbons (Fsp3) is 0.231. The molecule has 2 heterocycles. The van der Waals surface area contributed by atoms with Crippen molar-refractivity contribution < 1.29 is 8.42 Å². The Bertz CT molecular complexity index is 2940. The number of sulfone groups is 1. The van der Waals surface area contributed by atoms with E-state index in [1.54, 1.807) is 0 Å². The Morgan fingerprint density at radius 2 is 1.18 bits per heavy atom. The number of thiophene rings is 1. The van der Waals surface area contributed by atoms with Gasteiger partial charge in [0.2, 0.25) is 9.84 Å². The van der Waals surface area contributed by atoms with Crippen molar-refractivity contribution in [2.75, 3.05) is 0 Å². The largest absolute Gasteiger partial charge is 0.218 e. The number of hydrogen-bond donors (Lipinski definition) is 0. The summed E-state index contributed by atoms with van der Waals surface area (Å²) in [6, 6.07) is 54.2. The molecule has 11 rings (SSSR count). The van der Waals surface area contributed by atoms with E-state index >= 15 is 8.42 Å². The van der Waals surface area contributed by atoms with Crippen LogP contribution in [0.5, 0.6) is 0 Å². The van der Waals surface area contributed by atoms with Crippen LogP contribution in [0.1, 0.15) is 73.3 Å².